The Bertz CT molecular complexity index is 406. The molecule has 0 amide bonds. The highest BCUT2D eigenvalue weighted by molar-refractivity contribution is 5.09. The number of aromatic nitrogens is 1. The first-order valence-corrected chi connectivity index (χ1v) is 6.69. The van der Waals surface area contributed by atoms with Crippen molar-refractivity contribution in [3.05, 3.63) is 29.6 Å². The molecular weight excluding hydrogens is 228 g/mol. The molecule has 0 unspecified atom stereocenters. The molecule has 2 saturated heterocycles. The van der Waals surface area contributed by atoms with Gasteiger partial charge in [0.05, 0.1) is 18.9 Å². The van der Waals surface area contributed by atoms with E-state index in [2.05, 4.69) is 22.0 Å². The van der Waals surface area contributed by atoms with E-state index in [1.807, 2.05) is 13.0 Å². The van der Waals surface area contributed by atoms with E-state index in [4.69, 9.17) is 9.47 Å². The van der Waals surface area contributed by atoms with Crippen molar-refractivity contribution in [3.63, 3.8) is 0 Å². The molecule has 0 aromatic carbocycles. The summed E-state index contributed by atoms with van der Waals surface area (Å²) in [6.07, 6.45) is 1.94. The van der Waals surface area contributed by atoms with Crippen LogP contribution in [-0.2, 0) is 16.0 Å². The number of nitrogens with zero attached hydrogens (tertiary/aromatic N) is 2. The number of hydrogen-bond donors (Lipinski definition) is 0. The van der Waals surface area contributed by atoms with Gasteiger partial charge in [0.2, 0.25) is 0 Å². The maximum atomic E-state index is 5.73. The summed E-state index contributed by atoms with van der Waals surface area (Å²) in [6, 6.07) is 6.21. The van der Waals surface area contributed by atoms with E-state index >= 15 is 0 Å². The molecule has 1 aromatic rings. The molecule has 0 radical (unpaired) electrons. The second-order valence-electron chi connectivity index (χ2n) is 5.15. The van der Waals surface area contributed by atoms with Crippen LogP contribution in [0.15, 0.2) is 18.2 Å². The van der Waals surface area contributed by atoms with E-state index in [9.17, 15) is 0 Å². The lowest BCUT2D eigenvalue weighted by Gasteiger charge is -2.37. The maximum Gasteiger partial charge on any atom is 0.170 e. The molecule has 1 spiro atoms. The Hall–Kier alpha value is -0.970. The topological polar surface area (TPSA) is 34.6 Å². The van der Waals surface area contributed by atoms with Gasteiger partial charge < -0.3 is 9.47 Å². The SMILES string of the molecule is Cc1cccc(CN2CCC3(CC2)OCCO3)n1. The van der Waals surface area contributed by atoms with Crippen LogP contribution in [0.5, 0.6) is 0 Å². The van der Waals surface area contributed by atoms with Crippen LogP contribution >= 0.6 is 0 Å². The number of ether oxygens (including phenoxy) is 2. The Morgan fingerprint density at radius 1 is 1.22 bits per heavy atom. The van der Waals surface area contributed by atoms with Crippen LogP contribution in [0.3, 0.4) is 0 Å². The Morgan fingerprint density at radius 2 is 1.94 bits per heavy atom. The molecule has 3 rings (SSSR count). The molecular formula is C14H20N2O2. The van der Waals surface area contributed by atoms with Crippen LogP contribution < -0.4 is 0 Å². The van der Waals surface area contributed by atoms with Gasteiger partial charge in [0.25, 0.3) is 0 Å². The zero-order chi connectivity index (χ0) is 12.4. The molecule has 0 saturated carbocycles. The van der Waals surface area contributed by atoms with Gasteiger partial charge >= 0.3 is 0 Å². The van der Waals surface area contributed by atoms with E-state index in [-0.39, 0.29) is 5.79 Å². The summed E-state index contributed by atoms with van der Waals surface area (Å²) in [5.74, 6) is -0.267. The standard InChI is InChI=1S/C14H20N2O2/c1-12-3-2-4-13(15-12)11-16-7-5-14(6-8-16)17-9-10-18-14/h2-4H,5-11H2,1H3. The highest BCUT2D eigenvalue weighted by atomic mass is 16.7. The number of aryl methyl sites for hydroxylation is 1. The fourth-order valence-corrected chi connectivity index (χ4v) is 2.75. The lowest BCUT2D eigenvalue weighted by Crippen LogP contribution is -2.44. The van der Waals surface area contributed by atoms with E-state index < -0.39 is 0 Å². The van der Waals surface area contributed by atoms with Gasteiger partial charge in [-0.25, -0.2) is 0 Å². The van der Waals surface area contributed by atoms with Crippen LogP contribution in [0.1, 0.15) is 24.2 Å². The third-order valence-corrected chi connectivity index (χ3v) is 3.76. The lowest BCUT2D eigenvalue weighted by atomic mass is 10.0. The molecule has 18 heavy (non-hydrogen) atoms. The van der Waals surface area contributed by atoms with Crippen molar-refractivity contribution in [2.45, 2.75) is 32.1 Å². The van der Waals surface area contributed by atoms with Crippen molar-refractivity contribution < 1.29 is 9.47 Å². The molecule has 0 N–H and O–H groups in total. The minimum Gasteiger partial charge on any atom is -0.347 e. The van der Waals surface area contributed by atoms with Gasteiger partial charge in [-0.2, -0.15) is 0 Å². The van der Waals surface area contributed by atoms with Crippen LogP contribution in [0, 0.1) is 6.92 Å². The van der Waals surface area contributed by atoms with Crippen molar-refractivity contribution >= 4 is 0 Å². The summed E-state index contributed by atoms with van der Waals surface area (Å²) in [6.45, 7) is 6.51. The van der Waals surface area contributed by atoms with Crippen LogP contribution in [0.4, 0.5) is 0 Å². The van der Waals surface area contributed by atoms with Crippen molar-refractivity contribution in [2.24, 2.45) is 0 Å². The number of pyridine rings is 1. The Labute approximate surface area is 108 Å². The number of rotatable bonds is 2. The maximum absolute atomic E-state index is 5.73. The third-order valence-electron chi connectivity index (χ3n) is 3.76. The largest absolute Gasteiger partial charge is 0.347 e. The first-order chi connectivity index (χ1) is 8.76. The summed E-state index contributed by atoms with van der Waals surface area (Å²) >= 11 is 0. The summed E-state index contributed by atoms with van der Waals surface area (Å²) in [5, 5.41) is 0. The average molecular weight is 248 g/mol. The first-order valence-electron chi connectivity index (χ1n) is 6.69. The van der Waals surface area contributed by atoms with Gasteiger partial charge in [0.1, 0.15) is 0 Å². The van der Waals surface area contributed by atoms with Gasteiger partial charge in [0.15, 0.2) is 5.79 Å². The van der Waals surface area contributed by atoms with Gasteiger partial charge in [-0.1, -0.05) is 6.07 Å². The van der Waals surface area contributed by atoms with Crippen molar-refractivity contribution in [1.82, 2.24) is 9.88 Å². The molecule has 2 aliphatic heterocycles. The minimum atomic E-state index is -0.267. The van der Waals surface area contributed by atoms with Crippen LogP contribution in [0.25, 0.3) is 0 Å². The monoisotopic (exact) mass is 248 g/mol. The number of piperidine rings is 1. The summed E-state index contributed by atoms with van der Waals surface area (Å²) in [7, 11) is 0. The Morgan fingerprint density at radius 3 is 2.61 bits per heavy atom. The quantitative estimate of drug-likeness (QED) is 0.798. The summed E-state index contributed by atoms with van der Waals surface area (Å²) in [4.78, 5) is 6.98. The zero-order valence-corrected chi connectivity index (χ0v) is 10.9. The smallest absolute Gasteiger partial charge is 0.170 e. The molecule has 4 heteroatoms. The van der Waals surface area contributed by atoms with Gasteiger partial charge in [-0.05, 0) is 19.1 Å². The highest BCUT2D eigenvalue weighted by Gasteiger charge is 2.39. The van der Waals surface area contributed by atoms with Crippen LogP contribution in [-0.4, -0.2) is 42.0 Å². The van der Waals surface area contributed by atoms with Crippen molar-refractivity contribution in [1.29, 1.82) is 0 Å². The fourth-order valence-electron chi connectivity index (χ4n) is 2.75. The summed E-state index contributed by atoms with van der Waals surface area (Å²) < 4.78 is 11.5. The molecule has 0 bridgehead atoms. The molecule has 1 aromatic heterocycles. The summed E-state index contributed by atoms with van der Waals surface area (Å²) in [5.41, 5.74) is 2.24. The molecule has 3 heterocycles. The van der Waals surface area contributed by atoms with Gasteiger partial charge in [-0.15, -0.1) is 0 Å². The molecule has 0 atom stereocenters. The molecule has 2 fully saturated rings. The van der Waals surface area contributed by atoms with Gasteiger partial charge in [-0.3, -0.25) is 9.88 Å². The lowest BCUT2D eigenvalue weighted by molar-refractivity contribution is -0.185. The predicted octanol–water partition coefficient (Wildman–Crippen LogP) is 1.73. The fraction of sp³-hybridized carbons (Fsp3) is 0.643. The normalized spacial score (nSPS) is 23.6. The first kappa shape index (κ1) is 12.1. The van der Waals surface area contributed by atoms with Crippen LogP contribution in [0.2, 0.25) is 0 Å². The van der Waals surface area contributed by atoms with E-state index in [0.717, 1.165) is 57.1 Å². The average Bonchev–Trinajstić information content (AvgIpc) is 2.81. The van der Waals surface area contributed by atoms with E-state index in [1.54, 1.807) is 0 Å². The van der Waals surface area contributed by atoms with Crippen molar-refractivity contribution in [2.75, 3.05) is 26.3 Å². The second kappa shape index (κ2) is 4.96. The zero-order valence-electron chi connectivity index (χ0n) is 10.9. The van der Waals surface area contributed by atoms with Gasteiger partial charge in [0, 0.05) is 38.2 Å². The molecule has 2 aliphatic rings. The Kier molecular flexibility index (Phi) is 3.33. The van der Waals surface area contributed by atoms with E-state index in [0.29, 0.717) is 0 Å². The Balaban J connectivity index is 1.57. The number of hydrogen-bond acceptors (Lipinski definition) is 4. The number of likely N-dealkylation sites (tertiary alicyclic amines) is 1. The highest BCUT2D eigenvalue weighted by Crippen LogP contribution is 2.31. The second-order valence-corrected chi connectivity index (χ2v) is 5.15. The predicted molar refractivity (Wildman–Crippen MR) is 68.1 cm³/mol. The molecule has 98 valence electrons. The molecule has 4 nitrogen and oxygen atoms in total. The minimum absolute atomic E-state index is 0.267. The van der Waals surface area contributed by atoms with Crippen molar-refractivity contribution in [3.8, 4) is 0 Å². The molecule has 0 aliphatic carbocycles. The van der Waals surface area contributed by atoms with E-state index in [1.165, 1.54) is 0 Å². The third kappa shape index (κ3) is 2.55.